The Bertz CT molecular complexity index is 2230. The second-order valence-corrected chi connectivity index (χ2v) is 38.9. The van der Waals surface area contributed by atoms with Crippen LogP contribution in [0.15, 0.2) is 43.7 Å². The molecule has 4 saturated heterocycles. The van der Waals surface area contributed by atoms with Gasteiger partial charge in [-0.05, 0) is 51.3 Å². The number of ketones is 1. The smallest absolute Gasteiger partial charge is 0.335 e. The minimum Gasteiger partial charge on any atom is -0.414 e. The fraction of sp³-hybridized carbons (Fsp3) is 0.795. The maximum absolute atomic E-state index is 13.4. The summed E-state index contributed by atoms with van der Waals surface area (Å²) in [5.74, 6) is -0.363. The van der Waals surface area contributed by atoms with Crippen molar-refractivity contribution in [3.63, 3.8) is 0 Å². The predicted molar refractivity (Wildman–Crippen MR) is 263 cm³/mol. The Balaban J connectivity index is 0.000000252. The number of aromatic amines is 2. The minimum atomic E-state index is -2.97. The van der Waals surface area contributed by atoms with Gasteiger partial charge < -0.3 is 40.1 Å². The van der Waals surface area contributed by atoms with E-state index in [1.54, 1.807) is 0 Å². The summed E-state index contributed by atoms with van der Waals surface area (Å²) in [5, 5.41) is 0. The molecule has 380 valence electrons. The van der Waals surface area contributed by atoms with Gasteiger partial charge in [-0.2, -0.15) is 0 Å². The van der Waals surface area contributed by atoms with Crippen LogP contribution >= 0.6 is 11.6 Å². The SMILES string of the molecule is CC(C)[Si]1(C(C)C)OC[C@H]2O[C@@H](n3ccc(=O)[nH]c3=O)C(=O)C2O[Si](C(C)C)(C(C)C)O1.CC(C)[Si]1(C(C)C)OC[C@H]2O[C@@H](n3ccc(=O)[nH]c3=O)[C@@](C)(OCCl)C2O[Si](C(C)C)(C(C)C)O1. The van der Waals surface area contributed by atoms with Gasteiger partial charge >= 0.3 is 45.6 Å². The van der Waals surface area contributed by atoms with Crippen molar-refractivity contribution < 1.29 is 44.9 Å². The number of aromatic nitrogens is 4. The fourth-order valence-electron chi connectivity index (χ4n) is 10.4. The highest BCUT2D eigenvalue weighted by Gasteiger charge is 2.66. The van der Waals surface area contributed by atoms with Gasteiger partial charge in [0.15, 0.2) is 12.5 Å². The number of hydrogen-bond donors (Lipinski definition) is 2. The molecule has 0 spiro atoms. The van der Waals surface area contributed by atoms with Crippen LogP contribution in [0.3, 0.4) is 0 Å². The van der Waals surface area contributed by atoms with Crippen molar-refractivity contribution in [2.24, 2.45) is 0 Å². The van der Waals surface area contributed by atoms with Gasteiger partial charge in [-0.3, -0.25) is 33.5 Å². The minimum absolute atomic E-state index is 0.0666. The van der Waals surface area contributed by atoms with Gasteiger partial charge in [0.1, 0.15) is 36.1 Å². The highest BCUT2D eigenvalue weighted by molar-refractivity contribution is 6.84. The molecule has 6 rings (SSSR count). The molecule has 4 aliphatic rings. The molecule has 4 aliphatic heterocycles. The van der Waals surface area contributed by atoms with Gasteiger partial charge in [-0.1, -0.05) is 122 Å². The second-order valence-electron chi connectivity index (χ2n) is 21.0. The summed E-state index contributed by atoms with van der Waals surface area (Å²) in [7, 11) is -11.4. The molecule has 18 nitrogen and oxygen atoms in total. The van der Waals surface area contributed by atoms with Crippen LogP contribution in [0, 0.1) is 0 Å². The summed E-state index contributed by atoms with van der Waals surface area (Å²) in [4.78, 5) is 66.2. The van der Waals surface area contributed by atoms with Gasteiger partial charge in [0.25, 0.3) is 11.1 Å². The number of H-pyrrole nitrogens is 2. The number of halogens is 1. The fourth-order valence-corrected chi connectivity index (χ4v) is 33.1. The molecule has 0 radical (unpaired) electrons. The van der Waals surface area contributed by atoms with Crippen molar-refractivity contribution in [1.29, 1.82) is 0 Å². The van der Waals surface area contributed by atoms with E-state index in [0.717, 1.165) is 4.57 Å². The molecule has 7 atom stereocenters. The van der Waals surface area contributed by atoms with E-state index in [0.29, 0.717) is 0 Å². The third-order valence-corrected chi connectivity index (χ3v) is 34.6. The number of hydrogen-bond acceptors (Lipinski definition) is 14. The van der Waals surface area contributed by atoms with Gasteiger partial charge in [0, 0.05) is 24.5 Å². The van der Waals surface area contributed by atoms with Gasteiger partial charge in [-0.25, -0.2) is 9.59 Å². The quantitative estimate of drug-likeness (QED) is 0.158. The van der Waals surface area contributed by atoms with Gasteiger partial charge in [-0.15, -0.1) is 0 Å². The molecule has 2 unspecified atom stereocenters. The first-order chi connectivity index (χ1) is 31.1. The van der Waals surface area contributed by atoms with Crippen LogP contribution < -0.4 is 22.5 Å². The molecule has 0 bridgehead atoms. The lowest BCUT2D eigenvalue weighted by molar-refractivity contribution is -0.130. The molecule has 0 aromatic carbocycles. The monoisotopic (exact) mass is 1030 g/mol. The molecule has 2 N–H and O–H groups in total. The maximum Gasteiger partial charge on any atom is 0.335 e. The molecule has 0 aliphatic carbocycles. The highest BCUT2D eigenvalue weighted by Crippen LogP contribution is 2.52. The van der Waals surface area contributed by atoms with E-state index < -0.39 is 99.2 Å². The number of carbonyl (C=O) groups excluding carboxylic acids is 1. The molecule has 0 saturated carbocycles. The molecule has 4 fully saturated rings. The number of nitrogens with zero attached hydrogens (tertiary/aromatic N) is 2. The van der Waals surface area contributed by atoms with Crippen molar-refractivity contribution in [2.75, 3.05) is 19.3 Å². The van der Waals surface area contributed by atoms with Crippen LogP contribution in [0.2, 0.25) is 44.3 Å². The summed E-state index contributed by atoms with van der Waals surface area (Å²) in [6, 6.07) is 2.34. The molecule has 23 heteroatoms. The largest absolute Gasteiger partial charge is 0.414 e. The Morgan fingerprint density at radius 2 is 1.01 bits per heavy atom. The number of nitrogens with one attached hydrogen (secondary N) is 2. The summed E-state index contributed by atoms with van der Waals surface area (Å²) in [5.41, 5.74) is -2.38. The molecular weight excluding hydrogens is 956 g/mol. The summed E-state index contributed by atoms with van der Waals surface area (Å²) in [6.07, 6.45) is -2.08. The first-order valence-corrected chi connectivity index (χ1v) is 32.2. The molecular formula is C44H77ClN4O14Si4. The van der Waals surface area contributed by atoms with E-state index in [1.165, 1.54) is 29.1 Å². The topological polar surface area (TPSA) is 210 Å². The number of fused-ring (bicyclic) bond motifs is 2. The van der Waals surface area contributed by atoms with Crippen LogP contribution in [0.25, 0.3) is 0 Å². The van der Waals surface area contributed by atoms with Crippen LogP contribution in [0.1, 0.15) is 130 Å². The number of Topliss-reactive ketones (excluding diaryl/α,β-unsaturated/α-hetero) is 1. The average Bonchev–Trinajstić information content (AvgIpc) is 3.64. The first-order valence-electron chi connectivity index (χ1n) is 23.8. The van der Waals surface area contributed by atoms with E-state index in [4.69, 9.17) is 51.7 Å². The van der Waals surface area contributed by atoms with E-state index in [-0.39, 0.29) is 69.4 Å². The lowest BCUT2D eigenvalue weighted by atomic mass is 9.96. The van der Waals surface area contributed by atoms with Gasteiger partial charge in [0.2, 0.25) is 5.78 Å². The van der Waals surface area contributed by atoms with Crippen LogP contribution in [0.4, 0.5) is 0 Å². The summed E-state index contributed by atoms with van der Waals surface area (Å²) >= 11 is 6.10. The molecule has 0 amide bonds. The summed E-state index contributed by atoms with van der Waals surface area (Å²) in [6.45, 7) is 36.2. The Morgan fingerprint density at radius 3 is 1.42 bits per heavy atom. The Kier molecular flexibility index (Phi) is 17.7. The normalized spacial score (nSPS) is 29.3. The third-order valence-electron chi connectivity index (χ3n) is 14.1. The van der Waals surface area contributed by atoms with Crippen LogP contribution in [-0.2, 0) is 44.9 Å². The van der Waals surface area contributed by atoms with Crippen molar-refractivity contribution >= 4 is 51.6 Å². The highest BCUT2D eigenvalue weighted by atomic mass is 35.5. The average molecular weight is 1030 g/mol. The van der Waals surface area contributed by atoms with Crippen molar-refractivity contribution in [3.8, 4) is 0 Å². The Morgan fingerprint density at radius 1 is 0.612 bits per heavy atom. The Hall–Kier alpha value is -2.17. The maximum atomic E-state index is 13.4. The van der Waals surface area contributed by atoms with E-state index in [1.807, 2.05) is 6.92 Å². The standard InChI is InChI=1S/C23H41ClN2O7Si2.C21H36N2O7Si2/c1-14(2)34(15(3)4)30-12-18-20(32-35(33-34,16(5)6)17(7)8)23(9,29-13-24)21(31-18)26-11-10-19(27)25-22(26)28;1-12(2)31(13(3)4)27-11-16-19(29-32(30-31,14(5)6)15(7)8)18(25)20(28-16)23-10-9-17(24)22-21(23)26/h10-11,14-18,20-21H,12-13H2,1-9H3,(H,25,27,28);9-10,12-16,19-20H,11H2,1-8H3,(H,22,24,26)/t18-,20?,21-,23+;16-,19?,20-/m11/s1. The van der Waals surface area contributed by atoms with Gasteiger partial charge in [0.05, 0.1) is 13.2 Å². The zero-order valence-electron chi connectivity index (χ0n) is 42.5. The molecule has 67 heavy (non-hydrogen) atoms. The van der Waals surface area contributed by atoms with Crippen molar-refractivity contribution in [3.05, 3.63) is 66.2 Å². The zero-order chi connectivity index (χ0) is 50.4. The number of ether oxygens (including phenoxy) is 3. The van der Waals surface area contributed by atoms with Crippen molar-refractivity contribution in [1.82, 2.24) is 19.1 Å². The predicted octanol–water partition coefficient (Wildman–Crippen LogP) is 7.32. The van der Waals surface area contributed by atoms with Crippen molar-refractivity contribution in [2.45, 2.75) is 205 Å². The van der Waals surface area contributed by atoms with Crippen LogP contribution in [-0.4, -0.2) is 108 Å². The van der Waals surface area contributed by atoms with Crippen LogP contribution in [0.5, 0.6) is 0 Å². The van der Waals surface area contributed by atoms with E-state index in [9.17, 15) is 24.0 Å². The number of alkyl halides is 1. The van der Waals surface area contributed by atoms with E-state index in [2.05, 4.69) is 121 Å². The zero-order valence-corrected chi connectivity index (χ0v) is 47.3. The Labute approximate surface area is 404 Å². The lowest BCUT2D eigenvalue weighted by Gasteiger charge is -2.52. The second kappa shape index (κ2) is 21.3. The first kappa shape index (κ1) is 55.8. The van der Waals surface area contributed by atoms with E-state index >= 15 is 0 Å². The number of rotatable bonds is 12. The third kappa shape index (κ3) is 10.3. The summed E-state index contributed by atoms with van der Waals surface area (Å²) < 4.78 is 62.6. The lowest BCUT2D eigenvalue weighted by Crippen LogP contribution is -2.67. The molecule has 2 aromatic rings. The molecule has 6 heterocycles. The number of carbonyl (C=O) groups is 1. The molecule has 2 aromatic heterocycles.